The van der Waals surface area contributed by atoms with Crippen molar-refractivity contribution in [3.8, 4) is 0 Å². The van der Waals surface area contributed by atoms with Crippen LogP contribution in [0, 0.1) is 33.6 Å². The van der Waals surface area contributed by atoms with E-state index in [-0.39, 0.29) is 30.0 Å². The fourth-order valence-electron chi connectivity index (χ4n) is 4.37. The number of nitrogens with one attached hydrogen (secondary N) is 2. The van der Waals surface area contributed by atoms with Crippen LogP contribution in [0.15, 0.2) is 9.41 Å². The summed E-state index contributed by atoms with van der Waals surface area (Å²) in [6.45, 7) is 17.2. The van der Waals surface area contributed by atoms with Crippen LogP contribution in [0.5, 0.6) is 0 Å². The largest absolute Gasteiger partial charge is 0.444 e. The Morgan fingerprint density at radius 3 is 2.42 bits per heavy atom. The molecule has 2 aromatic rings. The molecular formula is C24H42IN7O. The Balaban J connectivity index is 0.00000385. The summed E-state index contributed by atoms with van der Waals surface area (Å²) in [6.07, 6.45) is 3.25. The molecule has 8 nitrogen and oxygen atoms in total. The Morgan fingerprint density at radius 1 is 1.18 bits per heavy atom. The van der Waals surface area contributed by atoms with Gasteiger partial charge < -0.3 is 15.1 Å². The van der Waals surface area contributed by atoms with E-state index in [0.717, 1.165) is 81.0 Å². The van der Waals surface area contributed by atoms with Gasteiger partial charge in [0.1, 0.15) is 5.76 Å². The zero-order valence-corrected chi connectivity index (χ0v) is 23.7. The Kier molecular flexibility index (Phi) is 10.7. The molecule has 0 spiro atoms. The summed E-state index contributed by atoms with van der Waals surface area (Å²) in [6, 6.07) is 0.281. The maximum Gasteiger partial charge on any atom is 0.208 e. The first-order chi connectivity index (χ1) is 15.3. The number of likely N-dealkylation sites (tertiary alicyclic amines) is 1. The van der Waals surface area contributed by atoms with E-state index in [4.69, 9.17) is 9.41 Å². The molecule has 0 aromatic carbocycles. The molecule has 1 saturated heterocycles. The van der Waals surface area contributed by atoms with E-state index < -0.39 is 0 Å². The van der Waals surface area contributed by atoms with Gasteiger partial charge in [-0.2, -0.15) is 5.10 Å². The van der Waals surface area contributed by atoms with Gasteiger partial charge in [-0.1, -0.05) is 0 Å². The lowest BCUT2D eigenvalue weighted by atomic mass is 9.97. The second kappa shape index (κ2) is 12.7. The first-order valence-corrected chi connectivity index (χ1v) is 12.0. The minimum absolute atomic E-state index is 0. The zero-order chi connectivity index (χ0) is 23.3. The standard InChI is InChI=1S/C24H41N7O.HI/c1-8-25-24(27-16(2)13-22-18(4)29-30(7)19(22)5)26-14-21-9-11-31(12-10-21)15-23-28-17(3)20(6)32-23;/h16,21H,8-15H2,1-7H3,(H2,25,26,27);1H. The quantitative estimate of drug-likeness (QED) is 0.286. The zero-order valence-electron chi connectivity index (χ0n) is 21.4. The van der Waals surface area contributed by atoms with Gasteiger partial charge >= 0.3 is 0 Å². The van der Waals surface area contributed by atoms with Crippen molar-refractivity contribution in [2.75, 3.05) is 26.2 Å². The van der Waals surface area contributed by atoms with E-state index in [1.165, 1.54) is 11.3 Å². The number of hydrogen-bond acceptors (Lipinski definition) is 5. The maximum absolute atomic E-state index is 5.75. The van der Waals surface area contributed by atoms with E-state index in [9.17, 15) is 0 Å². The number of aryl methyl sites for hydroxylation is 4. The predicted molar refractivity (Wildman–Crippen MR) is 144 cm³/mol. The molecular weight excluding hydrogens is 529 g/mol. The van der Waals surface area contributed by atoms with Gasteiger partial charge in [0.15, 0.2) is 5.96 Å². The second-order valence-electron chi connectivity index (χ2n) is 9.21. The fraction of sp³-hybridized carbons (Fsp3) is 0.708. The molecule has 0 bridgehead atoms. The van der Waals surface area contributed by atoms with Crippen molar-refractivity contribution in [3.63, 3.8) is 0 Å². The molecule has 3 heterocycles. The average Bonchev–Trinajstić information content (AvgIpc) is 3.19. The fourth-order valence-corrected chi connectivity index (χ4v) is 4.37. The van der Waals surface area contributed by atoms with E-state index in [1.54, 1.807) is 0 Å². The van der Waals surface area contributed by atoms with Gasteiger partial charge in [0, 0.05) is 31.9 Å². The third-order valence-corrected chi connectivity index (χ3v) is 6.54. The third kappa shape index (κ3) is 7.70. The van der Waals surface area contributed by atoms with Crippen molar-refractivity contribution in [1.82, 2.24) is 30.3 Å². The number of guanidine groups is 1. The lowest BCUT2D eigenvalue weighted by Crippen LogP contribution is -2.43. The molecule has 33 heavy (non-hydrogen) atoms. The van der Waals surface area contributed by atoms with E-state index in [0.29, 0.717) is 5.92 Å². The molecule has 2 aromatic heterocycles. The predicted octanol–water partition coefficient (Wildman–Crippen LogP) is 3.66. The second-order valence-corrected chi connectivity index (χ2v) is 9.21. The number of hydrogen-bond donors (Lipinski definition) is 2. The van der Waals surface area contributed by atoms with Crippen LogP contribution < -0.4 is 10.6 Å². The first-order valence-electron chi connectivity index (χ1n) is 12.0. The highest BCUT2D eigenvalue weighted by atomic mass is 127. The summed E-state index contributed by atoms with van der Waals surface area (Å²) in [5.41, 5.74) is 4.67. The molecule has 2 N–H and O–H groups in total. The Bertz CT molecular complexity index is 893. The minimum atomic E-state index is 0. The van der Waals surface area contributed by atoms with Crippen molar-refractivity contribution in [1.29, 1.82) is 0 Å². The van der Waals surface area contributed by atoms with Crippen molar-refractivity contribution in [3.05, 3.63) is 34.3 Å². The van der Waals surface area contributed by atoms with Crippen LogP contribution in [0.2, 0.25) is 0 Å². The van der Waals surface area contributed by atoms with Gasteiger partial charge in [-0.3, -0.25) is 14.6 Å². The van der Waals surface area contributed by atoms with Gasteiger partial charge in [-0.15, -0.1) is 24.0 Å². The Labute approximate surface area is 216 Å². The van der Waals surface area contributed by atoms with Gasteiger partial charge in [0.25, 0.3) is 0 Å². The number of aromatic nitrogens is 3. The summed E-state index contributed by atoms with van der Waals surface area (Å²) in [4.78, 5) is 11.9. The number of aliphatic imine (C=N–C) groups is 1. The van der Waals surface area contributed by atoms with Crippen LogP contribution in [0.25, 0.3) is 0 Å². The molecule has 1 aliphatic heterocycles. The van der Waals surface area contributed by atoms with E-state index in [2.05, 4.69) is 53.3 Å². The molecule has 0 saturated carbocycles. The Morgan fingerprint density at radius 2 is 1.88 bits per heavy atom. The van der Waals surface area contributed by atoms with Gasteiger partial charge in [-0.05, 0) is 85.4 Å². The number of rotatable bonds is 8. The SMILES string of the molecule is CCNC(=NCC1CCN(Cc2nc(C)c(C)o2)CC1)NC(C)Cc1c(C)nn(C)c1C.I. The number of piperidine rings is 1. The monoisotopic (exact) mass is 571 g/mol. The van der Waals surface area contributed by atoms with Crippen LogP contribution in [-0.2, 0) is 20.0 Å². The van der Waals surface area contributed by atoms with Crippen molar-refractivity contribution in [2.45, 2.75) is 73.4 Å². The van der Waals surface area contributed by atoms with Crippen LogP contribution in [0.4, 0.5) is 0 Å². The summed E-state index contributed by atoms with van der Waals surface area (Å²) < 4.78 is 7.71. The molecule has 1 aliphatic rings. The molecule has 0 aliphatic carbocycles. The summed E-state index contributed by atoms with van der Waals surface area (Å²) in [7, 11) is 2.01. The van der Waals surface area contributed by atoms with Crippen molar-refractivity contribution < 1.29 is 4.42 Å². The smallest absolute Gasteiger partial charge is 0.208 e. The van der Waals surface area contributed by atoms with Gasteiger partial charge in [-0.25, -0.2) is 4.98 Å². The van der Waals surface area contributed by atoms with Crippen LogP contribution in [0.3, 0.4) is 0 Å². The van der Waals surface area contributed by atoms with Gasteiger partial charge in [0.2, 0.25) is 5.89 Å². The lowest BCUT2D eigenvalue weighted by molar-refractivity contribution is 0.166. The van der Waals surface area contributed by atoms with Crippen LogP contribution >= 0.6 is 24.0 Å². The summed E-state index contributed by atoms with van der Waals surface area (Å²) in [5, 5.41) is 11.5. The minimum Gasteiger partial charge on any atom is -0.444 e. The third-order valence-electron chi connectivity index (χ3n) is 6.54. The average molecular weight is 572 g/mol. The summed E-state index contributed by atoms with van der Waals surface area (Å²) in [5.74, 6) is 3.29. The number of oxazole rings is 1. The Hall–Kier alpha value is -1.62. The molecule has 1 unspecified atom stereocenters. The topological polar surface area (TPSA) is 83.5 Å². The van der Waals surface area contributed by atoms with Crippen LogP contribution in [0.1, 0.15) is 61.0 Å². The van der Waals surface area contributed by atoms with Crippen LogP contribution in [-0.4, -0.2) is 57.8 Å². The normalized spacial score (nSPS) is 16.5. The molecule has 186 valence electrons. The van der Waals surface area contributed by atoms with E-state index >= 15 is 0 Å². The molecule has 9 heteroatoms. The van der Waals surface area contributed by atoms with E-state index in [1.807, 2.05) is 25.6 Å². The van der Waals surface area contributed by atoms with Crippen molar-refractivity contribution in [2.24, 2.45) is 18.0 Å². The molecule has 0 radical (unpaired) electrons. The highest BCUT2D eigenvalue weighted by molar-refractivity contribution is 14.0. The van der Waals surface area contributed by atoms with Crippen molar-refractivity contribution >= 4 is 29.9 Å². The lowest BCUT2D eigenvalue weighted by Gasteiger charge is -2.30. The molecule has 1 atom stereocenters. The highest BCUT2D eigenvalue weighted by Crippen LogP contribution is 2.20. The number of halogens is 1. The molecule has 1 fully saturated rings. The number of nitrogens with zero attached hydrogens (tertiary/aromatic N) is 5. The molecule has 0 amide bonds. The highest BCUT2D eigenvalue weighted by Gasteiger charge is 2.21. The maximum atomic E-state index is 5.75. The van der Waals surface area contributed by atoms with Gasteiger partial charge in [0.05, 0.1) is 17.9 Å². The molecule has 3 rings (SSSR count). The first kappa shape index (κ1) is 27.6. The summed E-state index contributed by atoms with van der Waals surface area (Å²) >= 11 is 0.